The topological polar surface area (TPSA) is 62.5 Å². The molecule has 0 saturated carbocycles. The van der Waals surface area contributed by atoms with Gasteiger partial charge in [-0.3, -0.25) is 9.69 Å². The summed E-state index contributed by atoms with van der Waals surface area (Å²) in [5, 5.41) is 4.91. The molecule has 0 spiro atoms. The molecule has 1 amide bonds. The molecule has 1 aliphatic rings. The van der Waals surface area contributed by atoms with Crippen molar-refractivity contribution in [2.75, 3.05) is 26.2 Å². The maximum atomic E-state index is 13.5. The zero-order valence-corrected chi connectivity index (χ0v) is 18.7. The van der Waals surface area contributed by atoms with E-state index in [9.17, 15) is 9.18 Å². The number of fused-ring (bicyclic) bond motifs is 1. The van der Waals surface area contributed by atoms with E-state index in [0.29, 0.717) is 42.8 Å². The van der Waals surface area contributed by atoms with Gasteiger partial charge < -0.3 is 9.42 Å². The summed E-state index contributed by atoms with van der Waals surface area (Å²) in [6.45, 7) is 6.75. The molecule has 2 aromatic heterocycles. The van der Waals surface area contributed by atoms with Gasteiger partial charge in [0, 0.05) is 36.4 Å². The average molecular weight is 451 g/mol. The summed E-state index contributed by atoms with van der Waals surface area (Å²) in [4.78, 5) is 22.3. The smallest absolute Gasteiger partial charge is 0.264 e. The summed E-state index contributed by atoms with van der Waals surface area (Å²) in [7, 11) is 0. The summed E-state index contributed by atoms with van der Waals surface area (Å²) < 4.78 is 19.9. The van der Waals surface area contributed by atoms with Gasteiger partial charge in [0.1, 0.15) is 5.82 Å². The van der Waals surface area contributed by atoms with E-state index in [1.165, 1.54) is 29.0 Å². The van der Waals surface area contributed by atoms with Crippen molar-refractivity contribution in [3.05, 3.63) is 70.7 Å². The molecule has 3 heterocycles. The van der Waals surface area contributed by atoms with E-state index >= 15 is 0 Å². The van der Waals surface area contributed by atoms with Crippen molar-refractivity contribution < 1.29 is 13.7 Å². The van der Waals surface area contributed by atoms with Gasteiger partial charge in [-0.1, -0.05) is 35.0 Å². The first-order chi connectivity index (χ1) is 15.5. The van der Waals surface area contributed by atoms with Crippen molar-refractivity contribution >= 4 is 27.3 Å². The summed E-state index contributed by atoms with van der Waals surface area (Å²) >= 11 is 1.41. The van der Waals surface area contributed by atoms with E-state index in [0.717, 1.165) is 15.6 Å². The first-order valence-corrected chi connectivity index (χ1v) is 11.4. The van der Waals surface area contributed by atoms with Gasteiger partial charge in [0.25, 0.3) is 5.91 Å². The molecule has 0 bridgehead atoms. The lowest BCUT2D eigenvalue weighted by atomic mass is 10.1. The molecule has 1 unspecified atom stereocenters. The van der Waals surface area contributed by atoms with Crippen LogP contribution in [0.5, 0.6) is 0 Å². The van der Waals surface area contributed by atoms with Crippen molar-refractivity contribution in [3.63, 3.8) is 0 Å². The number of thiophene rings is 1. The molecule has 1 atom stereocenters. The summed E-state index contributed by atoms with van der Waals surface area (Å²) in [6, 6.07) is 14.4. The minimum absolute atomic E-state index is 0.00152. The first kappa shape index (κ1) is 20.8. The number of hydrogen-bond donors (Lipinski definition) is 0. The number of piperazine rings is 1. The molecule has 1 saturated heterocycles. The Morgan fingerprint density at radius 2 is 1.84 bits per heavy atom. The lowest BCUT2D eigenvalue weighted by molar-refractivity contribution is 0.0556. The zero-order chi connectivity index (χ0) is 22.2. The molecule has 4 aromatic rings. The van der Waals surface area contributed by atoms with E-state index in [1.54, 1.807) is 12.1 Å². The fourth-order valence-electron chi connectivity index (χ4n) is 3.97. The second-order valence-electron chi connectivity index (χ2n) is 8.12. The zero-order valence-electron chi connectivity index (χ0n) is 17.9. The monoisotopic (exact) mass is 450 g/mol. The Balaban J connectivity index is 1.23. The van der Waals surface area contributed by atoms with Crippen molar-refractivity contribution in [1.82, 2.24) is 19.9 Å². The van der Waals surface area contributed by atoms with Gasteiger partial charge in [0.15, 0.2) is 0 Å². The van der Waals surface area contributed by atoms with Gasteiger partial charge in [-0.05, 0) is 43.5 Å². The number of carbonyl (C=O) groups excluding carboxylic acids is 1. The van der Waals surface area contributed by atoms with Crippen LogP contribution in [0.2, 0.25) is 0 Å². The average Bonchev–Trinajstić information content (AvgIpc) is 3.46. The largest absolute Gasteiger partial charge is 0.337 e. The predicted molar refractivity (Wildman–Crippen MR) is 122 cm³/mol. The highest BCUT2D eigenvalue weighted by Gasteiger charge is 2.28. The first-order valence-electron chi connectivity index (χ1n) is 10.6. The second kappa shape index (κ2) is 8.44. The molecular formula is C24H23FN4O2S. The van der Waals surface area contributed by atoms with E-state index in [4.69, 9.17) is 4.52 Å². The third-order valence-corrected chi connectivity index (χ3v) is 7.05. The van der Waals surface area contributed by atoms with E-state index in [-0.39, 0.29) is 17.8 Å². The van der Waals surface area contributed by atoms with Crippen LogP contribution in [0.4, 0.5) is 4.39 Å². The Hall–Kier alpha value is -3.10. The lowest BCUT2D eigenvalue weighted by Crippen LogP contribution is -2.49. The Morgan fingerprint density at radius 3 is 2.59 bits per heavy atom. The number of aryl methyl sites for hydroxylation is 1. The third kappa shape index (κ3) is 4.03. The molecule has 6 nitrogen and oxygen atoms in total. The molecule has 0 N–H and O–H groups in total. The predicted octanol–water partition coefficient (Wildman–Crippen LogP) is 4.92. The molecular weight excluding hydrogens is 427 g/mol. The molecule has 164 valence electrons. The number of carbonyl (C=O) groups is 1. The van der Waals surface area contributed by atoms with Gasteiger partial charge >= 0.3 is 0 Å². The summed E-state index contributed by atoms with van der Waals surface area (Å²) in [5.74, 6) is 0.871. The van der Waals surface area contributed by atoms with Crippen LogP contribution in [0.1, 0.15) is 34.1 Å². The van der Waals surface area contributed by atoms with Crippen LogP contribution in [0.15, 0.2) is 53.1 Å². The van der Waals surface area contributed by atoms with Crippen molar-refractivity contribution in [2.24, 2.45) is 0 Å². The fraction of sp³-hybridized carbons (Fsp3) is 0.292. The molecule has 1 fully saturated rings. The number of rotatable bonds is 4. The minimum atomic E-state index is -0.288. The maximum absolute atomic E-state index is 13.5. The summed E-state index contributed by atoms with van der Waals surface area (Å²) in [5.41, 5.74) is 2.11. The van der Waals surface area contributed by atoms with Crippen molar-refractivity contribution in [2.45, 2.75) is 19.9 Å². The van der Waals surface area contributed by atoms with Gasteiger partial charge in [-0.25, -0.2) is 4.39 Å². The molecule has 5 rings (SSSR count). The van der Waals surface area contributed by atoms with Crippen LogP contribution < -0.4 is 0 Å². The molecule has 32 heavy (non-hydrogen) atoms. The second-order valence-corrected chi connectivity index (χ2v) is 9.20. The standard InChI is InChI=1S/C24H23FN4O2S/c1-15-3-5-17(6-4-15)22-26-23(31-27-22)16(2)28-9-11-29(12-10-28)24(30)21-14-18-13-19(25)7-8-20(18)32-21/h3-8,13-14,16H,9-12H2,1-2H3. The highest BCUT2D eigenvalue weighted by atomic mass is 32.1. The maximum Gasteiger partial charge on any atom is 0.264 e. The molecule has 0 radical (unpaired) electrons. The van der Waals surface area contributed by atoms with Crippen LogP contribution >= 0.6 is 11.3 Å². The lowest BCUT2D eigenvalue weighted by Gasteiger charge is -2.36. The number of benzene rings is 2. The van der Waals surface area contributed by atoms with Crippen LogP contribution in [-0.4, -0.2) is 52.0 Å². The normalized spacial score (nSPS) is 15.9. The fourth-order valence-corrected chi connectivity index (χ4v) is 4.98. The van der Waals surface area contributed by atoms with E-state index in [2.05, 4.69) is 15.0 Å². The van der Waals surface area contributed by atoms with Gasteiger partial charge in [0.05, 0.1) is 10.9 Å². The van der Waals surface area contributed by atoms with Crippen LogP contribution in [0, 0.1) is 12.7 Å². The van der Waals surface area contributed by atoms with Crippen molar-refractivity contribution in [3.8, 4) is 11.4 Å². The Morgan fingerprint density at radius 1 is 1.09 bits per heavy atom. The molecule has 1 aliphatic heterocycles. The third-order valence-electron chi connectivity index (χ3n) is 5.95. The van der Waals surface area contributed by atoms with Gasteiger partial charge in [-0.2, -0.15) is 4.98 Å². The van der Waals surface area contributed by atoms with Crippen molar-refractivity contribution in [1.29, 1.82) is 0 Å². The molecule has 2 aromatic carbocycles. The number of nitrogens with zero attached hydrogens (tertiary/aromatic N) is 4. The molecule has 0 aliphatic carbocycles. The highest BCUT2D eigenvalue weighted by molar-refractivity contribution is 7.20. The van der Waals surface area contributed by atoms with Gasteiger partial charge in [-0.15, -0.1) is 11.3 Å². The minimum Gasteiger partial charge on any atom is -0.337 e. The SMILES string of the molecule is Cc1ccc(-c2noc(C(C)N3CCN(C(=O)c4cc5cc(F)ccc5s4)CC3)n2)cc1. The van der Waals surface area contributed by atoms with Crippen LogP contribution in [0.3, 0.4) is 0 Å². The van der Waals surface area contributed by atoms with Crippen LogP contribution in [0.25, 0.3) is 21.5 Å². The Bertz CT molecular complexity index is 1260. The Kier molecular flexibility index (Phi) is 5.48. The summed E-state index contributed by atoms with van der Waals surface area (Å²) in [6.07, 6.45) is 0. The van der Waals surface area contributed by atoms with E-state index in [1.807, 2.05) is 43.0 Å². The van der Waals surface area contributed by atoms with E-state index < -0.39 is 0 Å². The Labute approximate surface area is 189 Å². The van der Waals surface area contributed by atoms with Gasteiger partial charge in [0.2, 0.25) is 11.7 Å². The van der Waals surface area contributed by atoms with Crippen LogP contribution in [-0.2, 0) is 0 Å². The number of amides is 1. The highest BCUT2D eigenvalue weighted by Crippen LogP contribution is 2.28. The number of hydrogen-bond acceptors (Lipinski definition) is 6. The quantitative estimate of drug-likeness (QED) is 0.442. The number of aromatic nitrogens is 2. The number of halogens is 1. The molecule has 8 heteroatoms.